The molecule has 1 saturated heterocycles. The number of ketones is 1. The molecule has 0 aliphatic carbocycles. The van der Waals surface area contributed by atoms with Gasteiger partial charge in [0, 0.05) is 0 Å². The topological polar surface area (TPSA) is 29.6 Å². The molecule has 1 fully saturated rings. The fourth-order valence-electron chi connectivity index (χ4n) is 1.33. The highest BCUT2D eigenvalue weighted by atomic mass is 16.6. The van der Waals surface area contributed by atoms with E-state index in [0.717, 1.165) is 24.2 Å². The largest absolute Gasteiger partial charge is 0.367 e. The van der Waals surface area contributed by atoms with Crippen molar-refractivity contribution in [3.8, 4) is 0 Å². The van der Waals surface area contributed by atoms with Crippen LogP contribution in [0.5, 0.6) is 0 Å². The van der Waals surface area contributed by atoms with Gasteiger partial charge in [-0.05, 0) is 6.08 Å². The number of hydrogen-bond acceptors (Lipinski definition) is 2. The zero-order chi connectivity index (χ0) is 9.90. The number of allylic oxidation sites excluding steroid dienone is 1. The maximum Gasteiger partial charge on any atom is 0.160 e. The first-order valence-electron chi connectivity index (χ1n) is 4.62. The Labute approximate surface area is 79.6 Å². The summed E-state index contributed by atoms with van der Waals surface area (Å²) in [6.07, 6.45) is 2.41. The summed E-state index contributed by atoms with van der Waals surface area (Å²) in [7, 11) is 4.25. The third-order valence-electron chi connectivity index (χ3n) is 2.29. The Hall–Kier alpha value is -0.670. The molecule has 1 aliphatic heterocycles. The minimum atomic E-state index is 0.128. The van der Waals surface area contributed by atoms with Gasteiger partial charge in [0.15, 0.2) is 5.78 Å². The molecule has 1 rings (SSSR count). The van der Waals surface area contributed by atoms with Gasteiger partial charge in [-0.2, -0.15) is 0 Å². The number of ether oxygens (including phenoxy) is 1. The first-order valence-corrected chi connectivity index (χ1v) is 4.62. The Morgan fingerprint density at radius 3 is 2.77 bits per heavy atom. The van der Waals surface area contributed by atoms with Crippen molar-refractivity contribution in [2.24, 2.45) is 0 Å². The van der Waals surface area contributed by atoms with Crippen molar-refractivity contribution in [1.82, 2.24) is 0 Å². The summed E-state index contributed by atoms with van der Waals surface area (Å²) in [4.78, 5) is 11.0. The fraction of sp³-hybridized carbons (Fsp3) is 0.700. The van der Waals surface area contributed by atoms with Gasteiger partial charge >= 0.3 is 0 Å². The molecule has 1 unspecified atom stereocenters. The van der Waals surface area contributed by atoms with Gasteiger partial charge in [0.05, 0.1) is 33.7 Å². The normalized spacial score (nSPS) is 21.2. The Balaban J connectivity index is 2.23. The molecule has 0 amide bonds. The third-order valence-corrected chi connectivity index (χ3v) is 2.29. The number of epoxide rings is 1. The molecular formula is C10H18NO2+. The van der Waals surface area contributed by atoms with Crippen molar-refractivity contribution in [1.29, 1.82) is 0 Å². The summed E-state index contributed by atoms with van der Waals surface area (Å²) < 4.78 is 6.01. The van der Waals surface area contributed by atoms with Crippen molar-refractivity contribution in [2.75, 3.05) is 33.8 Å². The fourth-order valence-corrected chi connectivity index (χ4v) is 1.33. The van der Waals surface area contributed by atoms with Gasteiger partial charge in [0.25, 0.3) is 0 Å². The Morgan fingerprint density at radius 2 is 2.31 bits per heavy atom. The van der Waals surface area contributed by atoms with Crippen molar-refractivity contribution >= 4 is 5.78 Å². The van der Waals surface area contributed by atoms with E-state index in [1.165, 1.54) is 6.08 Å². The molecule has 3 nitrogen and oxygen atoms in total. The molecule has 3 heteroatoms. The number of quaternary nitrogens is 1. The zero-order valence-electron chi connectivity index (χ0n) is 8.45. The summed E-state index contributed by atoms with van der Waals surface area (Å²) >= 11 is 0. The molecule has 0 aromatic rings. The molecule has 1 atom stereocenters. The van der Waals surface area contributed by atoms with Gasteiger partial charge in [-0.1, -0.05) is 6.58 Å². The first kappa shape index (κ1) is 10.4. The molecule has 0 radical (unpaired) electrons. The zero-order valence-corrected chi connectivity index (χ0v) is 8.45. The summed E-state index contributed by atoms with van der Waals surface area (Å²) in [5.74, 6) is 0.128. The number of carbonyl (C=O) groups is 1. The SMILES string of the molecule is C=CC(=O)CC[N+](C)(C)CC1CO1. The standard InChI is InChI=1S/C10H18NO2/c1-4-9(12)5-6-11(2,3)7-10-8-13-10/h4,10H,1,5-8H2,2-3H3/q+1. The molecule has 74 valence electrons. The summed E-state index contributed by atoms with van der Waals surface area (Å²) in [5.41, 5.74) is 0. The van der Waals surface area contributed by atoms with Crippen LogP contribution in [0.25, 0.3) is 0 Å². The molecule has 1 aliphatic rings. The lowest BCUT2D eigenvalue weighted by Crippen LogP contribution is -2.44. The smallest absolute Gasteiger partial charge is 0.160 e. The molecule has 0 bridgehead atoms. The van der Waals surface area contributed by atoms with Crippen LogP contribution in [0.4, 0.5) is 0 Å². The van der Waals surface area contributed by atoms with Crippen molar-refractivity contribution < 1.29 is 14.0 Å². The van der Waals surface area contributed by atoms with Crippen LogP contribution in [0, 0.1) is 0 Å². The molecule has 0 aromatic heterocycles. The Morgan fingerprint density at radius 1 is 1.69 bits per heavy atom. The second-order valence-corrected chi connectivity index (χ2v) is 4.22. The van der Waals surface area contributed by atoms with E-state index >= 15 is 0 Å². The van der Waals surface area contributed by atoms with Gasteiger partial charge in [-0.15, -0.1) is 0 Å². The lowest BCUT2D eigenvalue weighted by Gasteiger charge is -2.28. The van der Waals surface area contributed by atoms with Crippen molar-refractivity contribution in [2.45, 2.75) is 12.5 Å². The number of rotatable bonds is 6. The van der Waals surface area contributed by atoms with Crippen LogP contribution in [-0.4, -0.2) is 50.2 Å². The molecular weight excluding hydrogens is 166 g/mol. The van der Waals surface area contributed by atoms with E-state index < -0.39 is 0 Å². The average Bonchev–Trinajstić information content (AvgIpc) is 2.83. The maximum atomic E-state index is 11.0. The van der Waals surface area contributed by atoms with Gasteiger partial charge in [0.2, 0.25) is 0 Å². The van der Waals surface area contributed by atoms with Crippen LogP contribution < -0.4 is 0 Å². The van der Waals surface area contributed by atoms with Crippen LogP contribution in [0.15, 0.2) is 12.7 Å². The summed E-state index contributed by atoms with van der Waals surface area (Å²) in [6.45, 7) is 6.21. The molecule has 0 spiro atoms. The number of hydrogen-bond donors (Lipinski definition) is 0. The van der Waals surface area contributed by atoms with Crippen LogP contribution >= 0.6 is 0 Å². The predicted molar refractivity (Wildman–Crippen MR) is 51.4 cm³/mol. The highest BCUT2D eigenvalue weighted by Crippen LogP contribution is 2.14. The summed E-state index contributed by atoms with van der Waals surface area (Å²) in [5, 5.41) is 0. The number of likely N-dealkylation sites (N-methyl/N-ethyl adjacent to an activating group) is 1. The van der Waals surface area contributed by atoms with Crippen LogP contribution in [0.2, 0.25) is 0 Å². The Kier molecular flexibility index (Phi) is 3.22. The van der Waals surface area contributed by atoms with Crippen LogP contribution in [0.3, 0.4) is 0 Å². The molecule has 0 N–H and O–H groups in total. The lowest BCUT2D eigenvalue weighted by atomic mass is 10.2. The van der Waals surface area contributed by atoms with E-state index in [9.17, 15) is 4.79 Å². The maximum absolute atomic E-state index is 11.0. The minimum Gasteiger partial charge on any atom is -0.367 e. The van der Waals surface area contributed by atoms with Crippen LogP contribution in [0.1, 0.15) is 6.42 Å². The van der Waals surface area contributed by atoms with Gasteiger partial charge in [-0.3, -0.25) is 4.79 Å². The second-order valence-electron chi connectivity index (χ2n) is 4.22. The highest BCUT2D eigenvalue weighted by Gasteiger charge is 2.31. The lowest BCUT2D eigenvalue weighted by molar-refractivity contribution is -0.890. The first-order chi connectivity index (χ1) is 6.03. The molecule has 13 heavy (non-hydrogen) atoms. The number of carbonyl (C=O) groups excluding carboxylic acids is 1. The van der Waals surface area contributed by atoms with Gasteiger partial charge in [-0.25, -0.2) is 0 Å². The van der Waals surface area contributed by atoms with Gasteiger partial charge in [0.1, 0.15) is 12.6 Å². The van der Waals surface area contributed by atoms with E-state index in [-0.39, 0.29) is 5.78 Å². The van der Waals surface area contributed by atoms with E-state index in [1.54, 1.807) is 0 Å². The second kappa shape index (κ2) is 4.03. The van der Waals surface area contributed by atoms with Crippen LogP contribution in [-0.2, 0) is 9.53 Å². The quantitative estimate of drug-likeness (QED) is 0.344. The van der Waals surface area contributed by atoms with Gasteiger partial charge < -0.3 is 9.22 Å². The molecule has 1 heterocycles. The summed E-state index contributed by atoms with van der Waals surface area (Å²) in [6, 6.07) is 0. The number of nitrogens with zero attached hydrogens (tertiary/aromatic N) is 1. The Bertz CT molecular complexity index is 207. The predicted octanol–water partition coefficient (Wildman–Crippen LogP) is 0.607. The third kappa shape index (κ3) is 4.20. The highest BCUT2D eigenvalue weighted by molar-refractivity contribution is 5.89. The molecule has 0 saturated carbocycles. The minimum absolute atomic E-state index is 0.128. The van der Waals surface area contributed by atoms with Crippen molar-refractivity contribution in [3.63, 3.8) is 0 Å². The van der Waals surface area contributed by atoms with Crippen molar-refractivity contribution in [3.05, 3.63) is 12.7 Å². The van der Waals surface area contributed by atoms with E-state index in [0.29, 0.717) is 12.5 Å². The monoisotopic (exact) mass is 184 g/mol. The molecule has 0 aromatic carbocycles. The van der Waals surface area contributed by atoms with E-state index in [2.05, 4.69) is 20.7 Å². The van der Waals surface area contributed by atoms with E-state index in [4.69, 9.17) is 4.74 Å². The average molecular weight is 184 g/mol. The van der Waals surface area contributed by atoms with E-state index in [1.807, 2.05) is 0 Å².